The van der Waals surface area contributed by atoms with Gasteiger partial charge < -0.3 is 0 Å². The van der Waals surface area contributed by atoms with Crippen LogP contribution in [-0.2, 0) is 0 Å². The molecule has 1 aromatic heterocycles. The van der Waals surface area contributed by atoms with Crippen molar-refractivity contribution in [2.24, 2.45) is 0 Å². The van der Waals surface area contributed by atoms with Crippen LogP contribution in [0.5, 0.6) is 0 Å². The summed E-state index contributed by atoms with van der Waals surface area (Å²) in [5.74, 6) is -0.0304. The quantitative estimate of drug-likeness (QED) is 0.374. The van der Waals surface area contributed by atoms with Gasteiger partial charge in [0, 0.05) is 14.7 Å². The van der Waals surface area contributed by atoms with Crippen LogP contribution in [0.15, 0.2) is 31.8 Å². The second-order valence-corrected chi connectivity index (χ2v) is 8.51. The van der Waals surface area contributed by atoms with Gasteiger partial charge in [-0.3, -0.25) is 4.79 Å². The number of carbonyl (C=O) groups excluding carboxylic acids is 1. The van der Waals surface area contributed by atoms with E-state index >= 15 is 0 Å². The van der Waals surface area contributed by atoms with E-state index < -0.39 is 0 Å². The van der Waals surface area contributed by atoms with Gasteiger partial charge in [0.1, 0.15) is 0 Å². The van der Waals surface area contributed by atoms with Crippen LogP contribution in [-0.4, -0.2) is 5.78 Å². The van der Waals surface area contributed by atoms with Crippen molar-refractivity contribution in [3.05, 3.63) is 51.6 Å². The number of benzene rings is 1. The molecular weight excluding hydrogens is 502 g/mol. The van der Waals surface area contributed by atoms with Crippen LogP contribution in [0.25, 0.3) is 0 Å². The lowest BCUT2D eigenvalue weighted by atomic mass is 10.1. The van der Waals surface area contributed by atoms with E-state index in [2.05, 4.69) is 54.5 Å². The zero-order valence-corrected chi connectivity index (χ0v) is 15.0. The maximum atomic E-state index is 12.2. The minimum absolute atomic E-state index is 0.0304. The van der Waals surface area contributed by atoms with Gasteiger partial charge in [-0.25, -0.2) is 0 Å². The highest BCUT2D eigenvalue weighted by atomic mass is 127. The molecule has 0 amide bonds. The Bertz CT molecular complexity index is 597. The number of hydrogen-bond acceptors (Lipinski definition) is 2. The molecule has 0 fully saturated rings. The average molecular weight is 506 g/mol. The Morgan fingerprint density at radius 2 is 2.00 bits per heavy atom. The number of rotatable bonds is 2. The predicted molar refractivity (Wildman–Crippen MR) is 87.3 cm³/mol. The topological polar surface area (TPSA) is 17.1 Å². The fourth-order valence-corrected chi connectivity index (χ4v) is 4.60. The fraction of sp³-hybridized carbons (Fsp3) is 0. The number of ketones is 1. The summed E-state index contributed by atoms with van der Waals surface area (Å²) in [5, 5.41) is 0.599. The zero-order chi connectivity index (χ0) is 12.6. The van der Waals surface area contributed by atoms with Crippen molar-refractivity contribution in [1.29, 1.82) is 0 Å². The van der Waals surface area contributed by atoms with Crippen molar-refractivity contribution >= 4 is 83.2 Å². The average Bonchev–Trinajstić information content (AvgIpc) is 2.61. The van der Waals surface area contributed by atoms with E-state index in [-0.39, 0.29) is 5.78 Å². The molecule has 1 nitrogen and oxygen atoms in total. The van der Waals surface area contributed by atoms with Gasteiger partial charge in [0.15, 0.2) is 5.78 Å². The molecule has 0 saturated carbocycles. The van der Waals surface area contributed by atoms with E-state index in [9.17, 15) is 4.79 Å². The minimum Gasteiger partial charge on any atom is -0.289 e. The second kappa shape index (κ2) is 5.69. The molecule has 0 saturated heterocycles. The van der Waals surface area contributed by atoms with Crippen LogP contribution < -0.4 is 0 Å². The first-order chi connectivity index (χ1) is 7.99. The summed E-state index contributed by atoms with van der Waals surface area (Å²) in [6, 6.07) is 7.13. The Hall–Kier alpha value is 0.570. The molecule has 0 N–H and O–H groups in total. The number of carbonyl (C=O) groups is 1. The summed E-state index contributed by atoms with van der Waals surface area (Å²) in [4.78, 5) is 12.2. The maximum Gasteiger partial charge on any atom is 0.195 e. The number of thiophene rings is 1. The first kappa shape index (κ1) is 14.0. The van der Waals surface area contributed by atoms with Gasteiger partial charge in [0.25, 0.3) is 0 Å². The third-order valence-electron chi connectivity index (χ3n) is 2.08. The molecule has 0 aliphatic carbocycles. The summed E-state index contributed by atoms with van der Waals surface area (Å²) in [6.07, 6.45) is 0. The predicted octanol–water partition coefficient (Wildman–Crippen LogP) is 5.76. The first-order valence-electron chi connectivity index (χ1n) is 4.43. The highest BCUT2D eigenvalue weighted by molar-refractivity contribution is 14.1. The molecule has 0 atom stereocenters. The summed E-state index contributed by atoms with van der Waals surface area (Å²) in [6.45, 7) is 0. The summed E-state index contributed by atoms with van der Waals surface area (Å²) < 4.78 is 2.68. The molecule has 0 unspecified atom stereocenters. The Balaban J connectivity index is 2.44. The normalized spacial score (nSPS) is 10.6. The van der Waals surface area contributed by atoms with Crippen LogP contribution in [0.2, 0.25) is 5.02 Å². The smallest absolute Gasteiger partial charge is 0.195 e. The van der Waals surface area contributed by atoms with Crippen molar-refractivity contribution < 1.29 is 4.79 Å². The van der Waals surface area contributed by atoms with Crippen molar-refractivity contribution in [3.8, 4) is 0 Å². The van der Waals surface area contributed by atoms with Gasteiger partial charge in [0.05, 0.1) is 12.6 Å². The van der Waals surface area contributed by atoms with Gasteiger partial charge in [-0.15, -0.1) is 11.3 Å². The highest BCUT2D eigenvalue weighted by Gasteiger charge is 2.16. The van der Waals surface area contributed by atoms with Crippen LogP contribution in [0, 0.1) is 3.57 Å². The largest absolute Gasteiger partial charge is 0.289 e. The van der Waals surface area contributed by atoms with Gasteiger partial charge in [-0.1, -0.05) is 11.6 Å². The van der Waals surface area contributed by atoms with Crippen molar-refractivity contribution in [2.45, 2.75) is 0 Å². The van der Waals surface area contributed by atoms with Crippen LogP contribution in [0.4, 0.5) is 0 Å². The maximum absolute atomic E-state index is 12.2. The van der Waals surface area contributed by atoms with Gasteiger partial charge >= 0.3 is 0 Å². The molecule has 2 rings (SSSR count). The number of hydrogen-bond donors (Lipinski definition) is 0. The third-order valence-corrected chi connectivity index (χ3v) is 5.99. The van der Waals surface area contributed by atoms with Crippen molar-refractivity contribution in [2.75, 3.05) is 0 Å². The molecular formula is C11H4Br2ClIOS. The molecule has 1 aromatic carbocycles. The lowest BCUT2D eigenvalue weighted by molar-refractivity contribution is 0.103. The third kappa shape index (κ3) is 3.12. The van der Waals surface area contributed by atoms with E-state index in [4.69, 9.17) is 11.6 Å². The Kier molecular flexibility index (Phi) is 4.68. The SMILES string of the molecule is O=C(c1ccc(I)c(Cl)c1)c1cc(Br)sc1Br. The van der Waals surface area contributed by atoms with Gasteiger partial charge in [0.2, 0.25) is 0 Å². The lowest BCUT2D eigenvalue weighted by Crippen LogP contribution is -2.00. The van der Waals surface area contributed by atoms with Crippen molar-refractivity contribution in [3.63, 3.8) is 0 Å². The molecule has 0 bridgehead atoms. The van der Waals surface area contributed by atoms with E-state index in [1.807, 2.05) is 12.1 Å². The lowest BCUT2D eigenvalue weighted by Gasteiger charge is -2.01. The van der Waals surface area contributed by atoms with E-state index in [0.717, 1.165) is 11.1 Å². The molecule has 0 aliphatic rings. The minimum atomic E-state index is -0.0304. The van der Waals surface area contributed by atoms with E-state index in [1.54, 1.807) is 12.1 Å². The molecule has 88 valence electrons. The molecule has 17 heavy (non-hydrogen) atoms. The Morgan fingerprint density at radius 1 is 1.29 bits per heavy atom. The highest BCUT2D eigenvalue weighted by Crippen LogP contribution is 2.33. The molecule has 1 heterocycles. The second-order valence-electron chi connectivity index (χ2n) is 3.20. The molecule has 6 heteroatoms. The van der Waals surface area contributed by atoms with Crippen LogP contribution in [0.3, 0.4) is 0 Å². The van der Waals surface area contributed by atoms with Crippen LogP contribution in [0.1, 0.15) is 15.9 Å². The summed E-state index contributed by atoms with van der Waals surface area (Å²) in [5.41, 5.74) is 1.25. The Labute approximate surface area is 138 Å². The standard InChI is InChI=1S/C11H4Br2ClIOS/c12-9-4-6(11(13)17-9)10(16)5-1-2-8(15)7(14)3-5/h1-4H. The van der Waals surface area contributed by atoms with E-state index in [0.29, 0.717) is 16.1 Å². The molecule has 0 spiro atoms. The Morgan fingerprint density at radius 3 is 2.53 bits per heavy atom. The van der Waals surface area contributed by atoms with Crippen molar-refractivity contribution in [1.82, 2.24) is 0 Å². The monoisotopic (exact) mass is 504 g/mol. The number of halogens is 4. The van der Waals surface area contributed by atoms with Crippen LogP contribution >= 0.6 is 77.4 Å². The van der Waals surface area contributed by atoms with Gasteiger partial charge in [-0.2, -0.15) is 0 Å². The summed E-state index contributed by atoms with van der Waals surface area (Å²) in [7, 11) is 0. The van der Waals surface area contributed by atoms with E-state index in [1.165, 1.54) is 11.3 Å². The summed E-state index contributed by atoms with van der Waals surface area (Å²) >= 11 is 16.4. The molecule has 0 aliphatic heterocycles. The zero-order valence-electron chi connectivity index (χ0n) is 8.14. The fourth-order valence-electron chi connectivity index (χ4n) is 1.29. The van der Waals surface area contributed by atoms with Gasteiger partial charge in [-0.05, 0) is 78.7 Å². The first-order valence-corrected chi connectivity index (χ1v) is 8.29. The molecule has 2 aromatic rings. The molecule has 0 radical (unpaired) electrons.